The van der Waals surface area contributed by atoms with E-state index in [1.54, 1.807) is 21.0 Å². The fraction of sp³-hybridized carbons (Fsp3) is 0.667. The Balaban J connectivity index is 1.76. The first-order valence-corrected chi connectivity index (χ1v) is 8.37. The van der Waals surface area contributed by atoms with Gasteiger partial charge in [-0.15, -0.1) is 0 Å². The lowest BCUT2D eigenvalue weighted by atomic mass is 9.92. The van der Waals surface area contributed by atoms with E-state index in [-0.39, 0.29) is 0 Å². The Morgan fingerprint density at radius 2 is 1.76 bits per heavy atom. The van der Waals surface area contributed by atoms with Crippen LogP contribution >= 0.6 is 0 Å². The lowest BCUT2D eigenvalue weighted by Crippen LogP contribution is -2.60. The van der Waals surface area contributed by atoms with Gasteiger partial charge in [0, 0.05) is 13.5 Å². The SMILES string of the molecule is COc1ccc(CC(O)[C@H]2O[C@H](OC)[C@H](O)[C@H]3OC(C)(C)O[C@H]32)cc1. The standard InChI is InChI=1S/C18H26O7/c1-18(2)24-15-13(20)17(22-4)23-14(16(15)25-18)12(19)9-10-5-7-11(21-3)8-6-10/h5-8,12-17,19-20H,9H2,1-4H3/t12?,13-,14-,15-,16+,17+/m1/s1. The summed E-state index contributed by atoms with van der Waals surface area (Å²) in [5.74, 6) is -0.107. The van der Waals surface area contributed by atoms with Crippen molar-refractivity contribution in [3.63, 3.8) is 0 Å². The maximum atomic E-state index is 10.7. The number of benzene rings is 1. The van der Waals surface area contributed by atoms with Gasteiger partial charge in [-0.1, -0.05) is 12.1 Å². The molecule has 2 saturated heterocycles. The lowest BCUT2D eigenvalue weighted by molar-refractivity contribution is -0.284. The van der Waals surface area contributed by atoms with Crippen LogP contribution < -0.4 is 4.74 Å². The quantitative estimate of drug-likeness (QED) is 0.811. The molecule has 25 heavy (non-hydrogen) atoms. The maximum Gasteiger partial charge on any atom is 0.186 e. The van der Waals surface area contributed by atoms with Crippen molar-refractivity contribution in [2.45, 2.75) is 62.9 Å². The van der Waals surface area contributed by atoms with Gasteiger partial charge in [-0.05, 0) is 31.5 Å². The van der Waals surface area contributed by atoms with Crippen LogP contribution in [0.2, 0.25) is 0 Å². The monoisotopic (exact) mass is 354 g/mol. The van der Waals surface area contributed by atoms with Gasteiger partial charge in [0.1, 0.15) is 30.2 Å². The molecule has 2 heterocycles. The molecule has 140 valence electrons. The number of hydrogen-bond acceptors (Lipinski definition) is 7. The average Bonchev–Trinajstić information content (AvgIpc) is 2.91. The van der Waals surface area contributed by atoms with Gasteiger partial charge in [0.05, 0.1) is 13.2 Å². The minimum Gasteiger partial charge on any atom is -0.497 e. The third kappa shape index (κ3) is 3.81. The van der Waals surface area contributed by atoms with E-state index in [9.17, 15) is 10.2 Å². The van der Waals surface area contributed by atoms with Gasteiger partial charge in [-0.25, -0.2) is 0 Å². The number of aliphatic hydroxyl groups is 2. The molecule has 0 saturated carbocycles. The smallest absolute Gasteiger partial charge is 0.186 e. The Morgan fingerprint density at radius 1 is 1.12 bits per heavy atom. The highest BCUT2D eigenvalue weighted by atomic mass is 16.8. The second kappa shape index (κ2) is 7.19. The molecule has 6 atom stereocenters. The first-order valence-electron chi connectivity index (χ1n) is 8.37. The Kier molecular flexibility index (Phi) is 5.34. The van der Waals surface area contributed by atoms with E-state index in [1.165, 1.54) is 7.11 Å². The largest absolute Gasteiger partial charge is 0.497 e. The molecule has 0 aliphatic carbocycles. The van der Waals surface area contributed by atoms with Crippen LogP contribution in [0, 0.1) is 0 Å². The molecular formula is C18H26O7. The second-order valence-electron chi connectivity index (χ2n) is 6.88. The van der Waals surface area contributed by atoms with Crippen LogP contribution in [0.5, 0.6) is 5.75 Å². The molecular weight excluding hydrogens is 328 g/mol. The lowest BCUT2D eigenvalue weighted by Gasteiger charge is -2.41. The van der Waals surface area contributed by atoms with Gasteiger partial charge in [-0.3, -0.25) is 0 Å². The summed E-state index contributed by atoms with van der Waals surface area (Å²) < 4.78 is 27.8. The van der Waals surface area contributed by atoms with E-state index in [4.69, 9.17) is 23.7 Å². The van der Waals surface area contributed by atoms with Crippen LogP contribution in [0.4, 0.5) is 0 Å². The van der Waals surface area contributed by atoms with Crippen LogP contribution in [-0.2, 0) is 25.4 Å². The Hall–Kier alpha value is -1.22. The first-order chi connectivity index (χ1) is 11.8. The van der Waals surface area contributed by atoms with Crippen molar-refractivity contribution in [2.24, 2.45) is 0 Å². The summed E-state index contributed by atoms with van der Waals surface area (Å²) in [5, 5.41) is 21.1. The predicted octanol–water partition coefficient (Wildman–Crippen LogP) is 0.851. The zero-order valence-corrected chi connectivity index (χ0v) is 14.9. The molecule has 1 aromatic rings. The second-order valence-corrected chi connectivity index (χ2v) is 6.88. The number of rotatable bonds is 5. The molecule has 2 N–H and O–H groups in total. The fourth-order valence-corrected chi connectivity index (χ4v) is 3.43. The molecule has 2 fully saturated rings. The summed E-state index contributed by atoms with van der Waals surface area (Å²) in [6, 6.07) is 7.46. The zero-order chi connectivity index (χ0) is 18.2. The first kappa shape index (κ1) is 18.6. The summed E-state index contributed by atoms with van der Waals surface area (Å²) in [4.78, 5) is 0. The number of methoxy groups -OCH3 is 2. The molecule has 2 aliphatic heterocycles. The van der Waals surface area contributed by atoms with E-state index in [2.05, 4.69) is 0 Å². The van der Waals surface area contributed by atoms with Crippen LogP contribution in [0.3, 0.4) is 0 Å². The summed E-state index contributed by atoms with van der Waals surface area (Å²) in [6.07, 6.45) is -4.22. The van der Waals surface area contributed by atoms with Crippen molar-refractivity contribution in [1.82, 2.24) is 0 Å². The van der Waals surface area contributed by atoms with E-state index in [0.29, 0.717) is 6.42 Å². The summed E-state index contributed by atoms with van der Waals surface area (Å²) >= 11 is 0. The van der Waals surface area contributed by atoms with E-state index < -0.39 is 42.6 Å². The molecule has 1 aromatic carbocycles. The molecule has 7 nitrogen and oxygen atoms in total. The molecule has 2 aliphatic rings. The summed E-state index contributed by atoms with van der Waals surface area (Å²) in [6.45, 7) is 3.54. The van der Waals surface area contributed by atoms with Crippen molar-refractivity contribution in [3.05, 3.63) is 29.8 Å². The van der Waals surface area contributed by atoms with Crippen molar-refractivity contribution >= 4 is 0 Å². The van der Waals surface area contributed by atoms with Crippen molar-refractivity contribution in [3.8, 4) is 5.75 Å². The van der Waals surface area contributed by atoms with E-state index in [1.807, 2.05) is 24.3 Å². The predicted molar refractivity (Wildman–Crippen MR) is 88.2 cm³/mol. The fourth-order valence-electron chi connectivity index (χ4n) is 3.43. The number of hydrogen-bond donors (Lipinski definition) is 2. The topological polar surface area (TPSA) is 86.6 Å². The van der Waals surface area contributed by atoms with E-state index in [0.717, 1.165) is 11.3 Å². The van der Waals surface area contributed by atoms with Gasteiger partial charge in [0.2, 0.25) is 0 Å². The minimum absolute atomic E-state index is 0.369. The zero-order valence-electron chi connectivity index (χ0n) is 14.9. The van der Waals surface area contributed by atoms with E-state index >= 15 is 0 Å². The maximum absolute atomic E-state index is 10.7. The highest BCUT2D eigenvalue weighted by molar-refractivity contribution is 5.27. The van der Waals surface area contributed by atoms with Crippen LogP contribution in [0.15, 0.2) is 24.3 Å². The summed E-state index contributed by atoms with van der Waals surface area (Å²) in [7, 11) is 3.05. The van der Waals surface area contributed by atoms with Gasteiger partial charge >= 0.3 is 0 Å². The number of ether oxygens (including phenoxy) is 5. The molecule has 0 bridgehead atoms. The minimum atomic E-state index is -0.985. The molecule has 0 spiro atoms. The van der Waals surface area contributed by atoms with Gasteiger partial charge in [0.25, 0.3) is 0 Å². The average molecular weight is 354 g/mol. The molecule has 0 radical (unpaired) electrons. The Bertz CT molecular complexity index is 573. The Morgan fingerprint density at radius 3 is 2.36 bits per heavy atom. The number of aliphatic hydroxyl groups excluding tert-OH is 2. The molecule has 0 amide bonds. The molecule has 7 heteroatoms. The summed E-state index contributed by atoms with van der Waals surface area (Å²) in [5.41, 5.74) is 0.937. The van der Waals surface area contributed by atoms with Gasteiger partial charge in [0.15, 0.2) is 12.1 Å². The van der Waals surface area contributed by atoms with Crippen molar-refractivity contribution < 1.29 is 33.9 Å². The Labute approximate surface area is 147 Å². The van der Waals surface area contributed by atoms with Crippen LogP contribution in [0.1, 0.15) is 19.4 Å². The third-order valence-corrected chi connectivity index (χ3v) is 4.61. The van der Waals surface area contributed by atoms with Gasteiger partial charge in [-0.2, -0.15) is 0 Å². The van der Waals surface area contributed by atoms with Crippen molar-refractivity contribution in [2.75, 3.05) is 14.2 Å². The van der Waals surface area contributed by atoms with Crippen molar-refractivity contribution in [1.29, 1.82) is 0 Å². The van der Waals surface area contributed by atoms with Crippen LogP contribution in [0.25, 0.3) is 0 Å². The van der Waals surface area contributed by atoms with Gasteiger partial charge < -0.3 is 33.9 Å². The molecule has 0 aromatic heterocycles. The highest BCUT2D eigenvalue weighted by Gasteiger charge is 2.56. The van der Waals surface area contributed by atoms with Crippen LogP contribution in [-0.4, -0.2) is 67.0 Å². The highest BCUT2D eigenvalue weighted by Crippen LogP contribution is 2.39. The molecule has 3 rings (SSSR count). The number of fused-ring (bicyclic) bond motifs is 1. The normalized spacial score (nSPS) is 35.2. The molecule has 1 unspecified atom stereocenters. The third-order valence-electron chi connectivity index (χ3n) is 4.61.